The van der Waals surface area contributed by atoms with Gasteiger partial charge in [-0.05, 0) is 36.6 Å². The molecule has 0 bridgehead atoms. The Balaban J connectivity index is 1.47. The van der Waals surface area contributed by atoms with Gasteiger partial charge in [-0.15, -0.1) is 0 Å². The Morgan fingerprint density at radius 3 is 2.61 bits per heavy atom. The molecule has 2 aromatic rings. The van der Waals surface area contributed by atoms with Crippen LogP contribution in [0, 0.1) is 0 Å². The summed E-state index contributed by atoms with van der Waals surface area (Å²) in [5.74, 6) is 1.51. The molecule has 0 spiro atoms. The van der Waals surface area contributed by atoms with Crippen LogP contribution in [0.5, 0.6) is 0 Å². The van der Waals surface area contributed by atoms with Gasteiger partial charge in [0.25, 0.3) is 5.56 Å². The number of thioether (sulfide) groups is 1. The van der Waals surface area contributed by atoms with Gasteiger partial charge in [-0.2, -0.15) is 30.0 Å². The van der Waals surface area contributed by atoms with Gasteiger partial charge < -0.3 is 5.32 Å². The zero-order chi connectivity index (χ0) is 22.0. The minimum absolute atomic E-state index is 0.0825. The van der Waals surface area contributed by atoms with Crippen molar-refractivity contribution >= 4 is 23.4 Å². The summed E-state index contributed by atoms with van der Waals surface area (Å²) in [6, 6.07) is 8.17. The molecule has 1 amide bonds. The van der Waals surface area contributed by atoms with Crippen LogP contribution in [-0.4, -0.2) is 45.2 Å². The van der Waals surface area contributed by atoms with Gasteiger partial charge in [-0.1, -0.05) is 12.1 Å². The van der Waals surface area contributed by atoms with Crippen molar-refractivity contribution in [2.45, 2.75) is 38.0 Å². The number of nitrogens with one attached hydrogen (secondary N) is 1. The van der Waals surface area contributed by atoms with E-state index in [1.165, 1.54) is 0 Å². The standard InChI is InChI=1S/C21H23F3N4O2S/c22-21(23,24)17-11-18(15-4-5-15)26-28(20(17)30)13-19(29)25-16-3-1-2-14(10-16)12-27-6-8-31-9-7-27/h1-3,10-11,15H,4-9,12-13H2,(H,25,29). The maximum atomic E-state index is 13.3. The molecule has 2 heterocycles. The monoisotopic (exact) mass is 452 g/mol. The third-order valence-electron chi connectivity index (χ3n) is 5.31. The fourth-order valence-corrected chi connectivity index (χ4v) is 4.53. The lowest BCUT2D eigenvalue weighted by Crippen LogP contribution is -2.35. The van der Waals surface area contributed by atoms with Crippen LogP contribution in [0.25, 0.3) is 0 Å². The third-order valence-corrected chi connectivity index (χ3v) is 6.25. The zero-order valence-electron chi connectivity index (χ0n) is 16.8. The van der Waals surface area contributed by atoms with Crippen LogP contribution < -0.4 is 10.9 Å². The molecule has 31 heavy (non-hydrogen) atoms. The van der Waals surface area contributed by atoms with Crippen molar-refractivity contribution in [3.05, 3.63) is 57.5 Å². The third kappa shape index (κ3) is 5.68. The van der Waals surface area contributed by atoms with Gasteiger partial charge in [-0.3, -0.25) is 14.5 Å². The maximum absolute atomic E-state index is 13.3. The Morgan fingerprint density at radius 1 is 1.19 bits per heavy atom. The largest absolute Gasteiger partial charge is 0.421 e. The molecule has 1 aromatic heterocycles. The number of anilines is 1. The highest BCUT2D eigenvalue weighted by Gasteiger charge is 2.37. The summed E-state index contributed by atoms with van der Waals surface area (Å²) in [4.78, 5) is 27.1. The fourth-order valence-electron chi connectivity index (χ4n) is 3.55. The number of aromatic nitrogens is 2. The van der Waals surface area contributed by atoms with E-state index in [4.69, 9.17) is 0 Å². The van der Waals surface area contributed by atoms with Crippen LogP contribution in [0.3, 0.4) is 0 Å². The Hall–Kier alpha value is -2.33. The van der Waals surface area contributed by atoms with Gasteiger partial charge in [0.1, 0.15) is 12.1 Å². The lowest BCUT2D eigenvalue weighted by atomic mass is 10.2. The van der Waals surface area contributed by atoms with Crippen molar-refractivity contribution in [3.63, 3.8) is 0 Å². The lowest BCUT2D eigenvalue weighted by molar-refractivity contribution is -0.139. The predicted molar refractivity (Wildman–Crippen MR) is 113 cm³/mol. The zero-order valence-corrected chi connectivity index (χ0v) is 17.6. The van der Waals surface area contributed by atoms with Crippen LogP contribution in [-0.2, 0) is 24.1 Å². The molecule has 1 aliphatic heterocycles. The van der Waals surface area contributed by atoms with Crippen molar-refractivity contribution in [1.29, 1.82) is 0 Å². The normalized spacial score (nSPS) is 17.5. The number of nitrogens with zero attached hydrogens (tertiary/aromatic N) is 3. The molecule has 0 atom stereocenters. The van der Waals surface area contributed by atoms with E-state index < -0.39 is 29.8 Å². The SMILES string of the molecule is O=C(Cn1nc(C2CC2)cc(C(F)(F)F)c1=O)Nc1cccc(CN2CCSCC2)c1. The summed E-state index contributed by atoms with van der Waals surface area (Å²) < 4.78 is 40.4. The molecule has 1 N–H and O–H groups in total. The molecule has 10 heteroatoms. The molecule has 0 radical (unpaired) electrons. The average Bonchev–Trinajstić information content (AvgIpc) is 3.55. The topological polar surface area (TPSA) is 67.2 Å². The molecule has 0 unspecified atom stereocenters. The van der Waals surface area contributed by atoms with Crippen LogP contribution in [0.15, 0.2) is 35.1 Å². The molecule has 166 valence electrons. The number of rotatable bonds is 6. The first kappa shape index (κ1) is 21.9. The number of amides is 1. The van der Waals surface area contributed by atoms with E-state index in [1.807, 2.05) is 30.0 Å². The highest BCUT2D eigenvalue weighted by molar-refractivity contribution is 7.99. The molecular formula is C21H23F3N4O2S. The number of hydrogen-bond acceptors (Lipinski definition) is 5. The number of hydrogen-bond donors (Lipinski definition) is 1. The molecule has 2 fully saturated rings. The van der Waals surface area contributed by atoms with E-state index in [2.05, 4.69) is 15.3 Å². The first-order valence-electron chi connectivity index (χ1n) is 10.2. The number of halogens is 3. The Morgan fingerprint density at radius 2 is 1.94 bits per heavy atom. The van der Waals surface area contributed by atoms with Gasteiger partial charge >= 0.3 is 6.18 Å². The second-order valence-corrected chi connectivity index (χ2v) is 9.08. The second-order valence-electron chi connectivity index (χ2n) is 7.85. The quantitative estimate of drug-likeness (QED) is 0.728. The molecule has 2 aliphatic rings. The van der Waals surface area contributed by atoms with Crippen molar-refractivity contribution in [2.24, 2.45) is 0 Å². The van der Waals surface area contributed by atoms with Gasteiger partial charge in [0, 0.05) is 42.7 Å². The number of benzene rings is 1. The molecule has 1 aliphatic carbocycles. The Bertz CT molecular complexity index is 1010. The summed E-state index contributed by atoms with van der Waals surface area (Å²) in [6.07, 6.45) is -3.32. The minimum atomic E-state index is -4.79. The maximum Gasteiger partial charge on any atom is 0.421 e. The van der Waals surface area contributed by atoms with Crippen LogP contribution >= 0.6 is 11.8 Å². The van der Waals surface area contributed by atoms with Gasteiger partial charge in [0.15, 0.2) is 0 Å². The van der Waals surface area contributed by atoms with Crippen molar-refractivity contribution in [2.75, 3.05) is 29.9 Å². The van der Waals surface area contributed by atoms with Gasteiger partial charge in [-0.25, -0.2) is 4.68 Å². The second kappa shape index (κ2) is 9.04. The number of carbonyl (C=O) groups is 1. The first-order chi connectivity index (χ1) is 14.8. The highest BCUT2D eigenvalue weighted by atomic mass is 32.2. The summed E-state index contributed by atoms with van der Waals surface area (Å²) in [5.41, 5.74) is -0.796. The summed E-state index contributed by atoms with van der Waals surface area (Å²) in [7, 11) is 0. The summed E-state index contributed by atoms with van der Waals surface area (Å²) in [6.45, 7) is 2.21. The average molecular weight is 453 g/mol. The van der Waals surface area contributed by atoms with Crippen molar-refractivity contribution in [1.82, 2.24) is 14.7 Å². The molecule has 1 saturated carbocycles. The Labute approximate surface area is 181 Å². The molecule has 1 aromatic carbocycles. The number of carbonyl (C=O) groups excluding carboxylic acids is 1. The van der Waals surface area contributed by atoms with E-state index in [9.17, 15) is 22.8 Å². The summed E-state index contributed by atoms with van der Waals surface area (Å²) in [5, 5.41) is 6.69. The lowest BCUT2D eigenvalue weighted by Gasteiger charge is -2.26. The van der Waals surface area contributed by atoms with Crippen LogP contribution in [0.1, 0.15) is 35.6 Å². The van der Waals surface area contributed by atoms with Crippen LogP contribution in [0.2, 0.25) is 0 Å². The van der Waals surface area contributed by atoms with E-state index >= 15 is 0 Å². The predicted octanol–water partition coefficient (Wildman–Crippen LogP) is 3.33. The van der Waals surface area contributed by atoms with E-state index in [0.29, 0.717) is 10.4 Å². The van der Waals surface area contributed by atoms with Crippen molar-refractivity contribution in [3.8, 4) is 0 Å². The van der Waals surface area contributed by atoms with E-state index in [1.54, 1.807) is 6.07 Å². The smallest absolute Gasteiger partial charge is 0.324 e. The number of alkyl halides is 3. The minimum Gasteiger partial charge on any atom is -0.324 e. The van der Waals surface area contributed by atoms with Gasteiger partial charge in [0.2, 0.25) is 5.91 Å². The van der Waals surface area contributed by atoms with Gasteiger partial charge in [0.05, 0.1) is 5.69 Å². The van der Waals surface area contributed by atoms with Crippen LogP contribution in [0.4, 0.5) is 18.9 Å². The summed E-state index contributed by atoms with van der Waals surface area (Å²) >= 11 is 1.93. The molecule has 4 rings (SSSR count). The fraction of sp³-hybridized carbons (Fsp3) is 0.476. The molecule has 1 saturated heterocycles. The molecular weight excluding hydrogens is 429 g/mol. The van der Waals surface area contributed by atoms with E-state index in [-0.39, 0.29) is 11.6 Å². The first-order valence-corrected chi connectivity index (χ1v) is 11.3. The highest BCUT2D eigenvalue weighted by Crippen LogP contribution is 2.40. The van der Waals surface area contributed by atoms with Crippen molar-refractivity contribution < 1.29 is 18.0 Å². The van der Waals surface area contributed by atoms with E-state index in [0.717, 1.165) is 55.6 Å². The molecule has 6 nitrogen and oxygen atoms in total. The Kier molecular flexibility index (Phi) is 6.38.